The van der Waals surface area contributed by atoms with Gasteiger partial charge >= 0.3 is 5.97 Å². The van der Waals surface area contributed by atoms with Crippen LogP contribution < -0.4 is 0 Å². The normalized spacial score (nSPS) is 10.7. The number of esters is 1. The van der Waals surface area contributed by atoms with E-state index in [1.807, 2.05) is 20.8 Å². The lowest BCUT2D eigenvalue weighted by Crippen LogP contribution is -2.08. The Balaban J connectivity index is 2.66. The van der Waals surface area contributed by atoms with Gasteiger partial charge in [0.1, 0.15) is 5.69 Å². The third-order valence-corrected chi connectivity index (χ3v) is 4.00. The molecule has 20 heavy (non-hydrogen) atoms. The van der Waals surface area contributed by atoms with Crippen LogP contribution >= 0.6 is 15.9 Å². The number of aryl methyl sites for hydroxylation is 4. The smallest absolute Gasteiger partial charge is 0.357 e. The molecule has 0 aliphatic rings. The maximum atomic E-state index is 11.8. The van der Waals surface area contributed by atoms with Crippen LogP contribution in [0.2, 0.25) is 0 Å². The highest BCUT2D eigenvalue weighted by atomic mass is 79.9. The second kappa shape index (κ2) is 5.36. The topological polar surface area (TPSA) is 57.0 Å². The largest absolute Gasteiger partial charge is 0.464 e. The molecular weight excluding hydrogens is 322 g/mol. The van der Waals surface area contributed by atoms with Crippen molar-refractivity contribution >= 4 is 21.9 Å². The minimum absolute atomic E-state index is 0.377. The number of nitrogens with zero attached hydrogens (tertiary/aromatic N) is 3. The number of hydrogen-bond donors (Lipinski definition) is 0. The Hall–Kier alpha value is -1.69. The lowest BCUT2D eigenvalue weighted by Gasteiger charge is -2.07. The lowest BCUT2D eigenvalue weighted by atomic mass is 10.1. The minimum Gasteiger partial charge on any atom is -0.464 e. The van der Waals surface area contributed by atoms with Gasteiger partial charge < -0.3 is 4.74 Å². The lowest BCUT2D eigenvalue weighted by molar-refractivity contribution is 0.0587. The Morgan fingerprint density at radius 2 is 1.90 bits per heavy atom. The standard InChI is InChI=1S/C14H16BrN3O2/c1-7-6-8(2)11(16-9(7)3)12-10(15)13(14(19)20-5)18(4)17-12/h6H,1-5H3. The molecule has 0 spiro atoms. The number of rotatable bonds is 2. The fourth-order valence-corrected chi connectivity index (χ4v) is 2.73. The SMILES string of the molecule is COC(=O)c1c(Br)c(-c2nc(C)c(C)cc2C)nn1C. The van der Waals surface area contributed by atoms with E-state index in [0.717, 1.165) is 22.5 Å². The molecule has 106 valence electrons. The predicted octanol–water partition coefficient (Wildman–Crippen LogP) is 2.96. The molecule has 0 saturated carbocycles. The van der Waals surface area contributed by atoms with Crippen molar-refractivity contribution in [3.05, 3.63) is 33.1 Å². The number of methoxy groups -OCH3 is 1. The van der Waals surface area contributed by atoms with Gasteiger partial charge in [-0.2, -0.15) is 5.10 Å². The molecule has 0 N–H and O–H groups in total. The van der Waals surface area contributed by atoms with E-state index in [2.05, 4.69) is 32.1 Å². The molecule has 2 heterocycles. The molecular formula is C14H16BrN3O2. The number of carbonyl (C=O) groups excluding carboxylic acids is 1. The summed E-state index contributed by atoms with van der Waals surface area (Å²) in [6.45, 7) is 5.95. The van der Waals surface area contributed by atoms with Gasteiger partial charge in [-0.1, -0.05) is 6.07 Å². The van der Waals surface area contributed by atoms with Crippen LogP contribution in [0.5, 0.6) is 0 Å². The van der Waals surface area contributed by atoms with Gasteiger partial charge in [0.05, 0.1) is 17.3 Å². The van der Waals surface area contributed by atoms with Crippen LogP contribution in [0, 0.1) is 20.8 Å². The van der Waals surface area contributed by atoms with Crippen LogP contribution in [0.25, 0.3) is 11.4 Å². The Morgan fingerprint density at radius 3 is 2.50 bits per heavy atom. The first kappa shape index (κ1) is 14.7. The van der Waals surface area contributed by atoms with Crippen molar-refractivity contribution in [3.8, 4) is 11.4 Å². The highest BCUT2D eigenvalue weighted by Gasteiger charge is 2.23. The van der Waals surface area contributed by atoms with Crippen LogP contribution in [-0.2, 0) is 11.8 Å². The van der Waals surface area contributed by atoms with Crippen LogP contribution in [-0.4, -0.2) is 27.8 Å². The molecule has 0 aliphatic heterocycles. The first-order valence-corrected chi connectivity index (χ1v) is 6.92. The second-order valence-corrected chi connectivity index (χ2v) is 5.48. The molecule has 2 aromatic rings. The number of pyridine rings is 1. The summed E-state index contributed by atoms with van der Waals surface area (Å²) in [5.74, 6) is -0.431. The molecule has 2 aromatic heterocycles. The van der Waals surface area contributed by atoms with E-state index in [0.29, 0.717) is 15.9 Å². The predicted molar refractivity (Wildman–Crippen MR) is 79.7 cm³/mol. The van der Waals surface area contributed by atoms with Crippen molar-refractivity contribution in [2.75, 3.05) is 7.11 Å². The summed E-state index contributed by atoms with van der Waals surface area (Å²) in [6.07, 6.45) is 0. The molecule has 0 bridgehead atoms. The second-order valence-electron chi connectivity index (χ2n) is 4.68. The Kier molecular flexibility index (Phi) is 3.94. The van der Waals surface area contributed by atoms with Crippen LogP contribution in [0.15, 0.2) is 10.5 Å². The summed E-state index contributed by atoms with van der Waals surface area (Å²) in [5.41, 5.74) is 4.89. The highest BCUT2D eigenvalue weighted by molar-refractivity contribution is 9.10. The van der Waals surface area contributed by atoms with E-state index >= 15 is 0 Å². The van der Waals surface area contributed by atoms with Gasteiger partial charge in [-0.05, 0) is 47.8 Å². The van der Waals surface area contributed by atoms with Crippen molar-refractivity contribution in [1.29, 1.82) is 0 Å². The summed E-state index contributed by atoms with van der Waals surface area (Å²) in [5, 5.41) is 4.39. The monoisotopic (exact) mass is 337 g/mol. The average Bonchev–Trinajstić information content (AvgIpc) is 2.68. The maximum absolute atomic E-state index is 11.8. The third kappa shape index (κ3) is 2.35. The summed E-state index contributed by atoms with van der Waals surface area (Å²) in [6, 6.07) is 2.07. The van der Waals surface area contributed by atoms with Crippen molar-refractivity contribution in [2.45, 2.75) is 20.8 Å². The van der Waals surface area contributed by atoms with Gasteiger partial charge in [0.2, 0.25) is 0 Å². The molecule has 0 amide bonds. The molecule has 2 rings (SSSR count). The van der Waals surface area contributed by atoms with Crippen molar-refractivity contribution in [1.82, 2.24) is 14.8 Å². The Labute approximate surface area is 126 Å². The summed E-state index contributed by atoms with van der Waals surface area (Å²) in [4.78, 5) is 16.4. The molecule has 0 aliphatic carbocycles. The van der Waals surface area contributed by atoms with Crippen LogP contribution in [0.3, 0.4) is 0 Å². The van der Waals surface area contributed by atoms with Gasteiger partial charge in [0.15, 0.2) is 5.69 Å². The van der Waals surface area contributed by atoms with Gasteiger partial charge in [-0.25, -0.2) is 4.79 Å². The molecule has 0 radical (unpaired) electrons. The van der Waals surface area contributed by atoms with Crippen molar-refractivity contribution in [3.63, 3.8) is 0 Å². The number of halogens is 1. The van der Waals surface area contributed by atoms with E-state index < -0.39 is 5.97 Å². The summed E-state index contributed by atoms with van der Waals surface area (Å²) >= 11 is 3.43. The number of aromatic nitrogens is 3. The zero-order chi connectivity index (χ0) is 15.0. The molecule has 0 saturated heterocycles. The summed E-state index contributed by atoms with van der Waals surface area (Å²) in [7, 11) is 3.05. The molecule has 0 unspecified atom stereocenters. The number of hydrogen-bond acceptors (Lipinski definition) is 4. The fraction of sp³-hybridized carbons (Fsp3) is 0.357. The van der Waals surface area contributed by atoms with Crippen LogP contribution in [0.4, 0.5) is 0 Å². The first-order chi connectivity index (χ1) is 9.36. The molecule has 5 nitrogen and oxygen atoms in total. The van der Waals surface area contributed by atoms with Crippen LogP contribution in [0.1, 0.15) is 27.3 Å². The van der Waals surface area contributed by atoms with Gasteiger partial charge in [0.25, 0.3) is 0 Å². The maximum Gasteiger partial charge on any atom is 0.357 e. The highest BCUT2D eigenvalue weighted by Crippen LogP contribution is 2.31. The summed E-state index contributed by atoms with van der Waals surface area (Å²) < 4.78 is 6.87. The van der Waals surface area contributed by atoms with E-state index in [1.165, 1.54) is 11.8 Å². The van der Waals surface area contributed by atoms with Gasteiger partial charge in [-0.15, -0.1) is 0 Å². The zero-order valence-electron chi connectivity index (χ0n) is 12.1. The molecule has 0 aromatic carbocycles. The molecule has 0 atom stereocenters. The van der Waals surface area contributed by atoms with E-state index in [4.69, 9.17) is 4.74 Å². The molecule has 0 fully saturated rings. The first-order valence-electron chi connectivity index (χ1n) is 6.12. The Bertz CT molecular complexity index is 692. The van der Waals surface area contributed by atoms with Crippen molar-refractivity contribution < 1.29 is 9.53 Å². The zero-order valence-corrected chi connectivity index (χ0v) is 13.7. The van der Waals surface area contributed by atoms with Gasteiger partial charge in [-0.3, -0.25) is 9.67 Å². The number of ether oxygens (including phenoxy) is 1. The fourth-order valence-electron chi connectivity index (χ4n) is 2.05. The quantitative estimate of drug-likeness (QED) is 0.790. The van der Waals surface area contributed by atoms with E-state index in [9.17, 15) is 4.79 Å². The number of carbonyl (C=O) groups is 1. The van der Waals surface area contributed by atoms with E-state index in [1.54, 1.807) is 7.05 Å². The minimum atomic E-state index is -0.431. The van der Waals surface area contributed by atoms with Crippen molar-refractivity contribution in [2.24, 2.45) is 7.05 Å². The molecule has 6 heteroatoms. The van der Waals surface area contributed by atoms with Gasteiger partial charge in [0, 0.05) is 12.7 Å². The third-order valence-electron chi connectivity index (χ3n) is 3.25. The average molecular weight is 338 g/mol. The van der Waals surface area contributed by atoms with E-state index in [-0.39, 0.29) is 0 Å². The Morgan fingerprint density at radius 1 is 1.25 bits per heavy atom.